The lowest BCUT2D eigenvalue weighted by Gasteiger charge is -2.15. The van der Waals surface area contributed by atoms with Crippen molar-refractivity contribution in [1.29, 1.82) is 0 Å². The predicted molar refractivity (Wildman–Crippen MR) is 63.2 cm³/mol. The Hall–Kier alpha value is -1.82. The van der Waals surface area contributed by atoms with Crippen LogP contribution in [0.2, 0.25) is 0 Å². The molecule has 0 radical (unpaired) electrons. The minimum atomic E-state index is -1.02. The maximum absolute atomic E-state index is 11.7. The van der Waals surface area contributed by atoms with Crippen LogP contribution in [0.25, 0.3) is 0 Å². The van der Waals surface area contributed by atoms with Crippen LogP contribution in [0.3, 0.4) is 0 Å². The van der Waals surface area contributed by atoms with Gasteiger partial charge in [0.25, 0.3) is 0 Å². The first-order chi connectivity index (χ1) is 8.68. The van der Waals surface area contributed by atoms with Crippen LogP contribution in [0.5, 0.6) is 0 Å². The van der Waals surface area contributed by atoms with Crippen molar-refractivity contribution in [1.82, 2.24) is 10.2 Å². The van der Waals surface area contributed by atoms with Crippen molar-refractivity contribution >= 4 is 11.9 Å². The molecule has 0 atom stereocenters. The van der Waals surface area contributed by atoms with E-state index in [1.54, 1.807) is 0 Å². The molecule has 2 N–H and O–H groups in total. The second kappa shape index (κ2) is 5.68. The molecule has 2 rings (SSSR count). The van der Waals surface area contributed by atoms with Crippen LogP contribution in [0, 0.1) is 0 Å². The van der Waals surface area contributed by atoms with Crippen molar-refractivity contribution in [2.45, 2.75) is 19.4 Å². The average molecular weight is 252 g/mol. The Bertz CT molecular complexity index is 435. The van der Waals surface area contributed by atoms with Crippen LogP contribution in [0.1, 0.15) is 29.0 Å². The number of amides is 1. The molecule has 18 heavy (non-hydrogen) atoms. The van der Waals surface area contributed by atoms with Crippen LogP contribution < -0.4 is 5.32 Å². The fourth-order valence-electron chi connectivity index (χ4n) is 2.03. The molecule has 1 aliphatic rings. The molecule has 6 nitrogen and oxygen atoms in total. The normalized spacial score (nSPS) is 15.0. The van der Waals surface area contributed by atoms with Crippen LogP contribution in [0.15, 0.2) is 16.7 Å². The van der Waals surface area contributed by atoms with Crippen LogP contribution in [0.4, 0.5) is 0 Å². The molecular weight excluding hydrogens is 236 g/mol. The number of nitrogens with zero attached hydrogens (tertiary/aromatic N) is 1. The molecule has 1 saturated heterocycles. The topological polar surface area (TPSA) is 82.8 Å². The number of carbonyl (C=O) groups excluding carboxylic acids is 1. The van der Waals surface area contributed by atoms with Gasteiger partial charge in [-0.3, -0.25) is 4.79 Å². The summed E-state index contributed by atoms with van der Waals surface area (Å²) >= 11 is 0. The van der Waals surface area contributed by atoms with E-state index < -0.39 is 5.97 Å². The van der Waals surface area contributed by atoms with E-state index in [0.29, 0.717) is 5.76 Å². The third-order valence-corrected chi connectivity index (χ3v) is 3.00. The van der Waals surface area contributed by atoms with Gasteiger partial charge in [-0.1, -0.05) is 0 Å². The number of nitrogens with one attached hydrogen (secondary N) is 1. The summed E-state index contributed by atoms with van der Waals surface area (Å²) in [6, 6.07) is 1.40. The Morgan fingerprint density at radius 2 is 2.11 bits per heavy atom. The van der Waals surface area contributed by atoms with Gasteiger partial charge in [0.15, 0.2) is 0 Å². The number of furan rings is 1. The molecule has 0 aromatic carbocycles. The van der Waals surface area contributed by atoms with E-state index in [0.717, 1.165) is 25.9 Å². The Labute approximate surface area is 105 Å². The summed E-state index contributed by atoms with van der Waals surface area (Å²) in [6.07, 6.45) is 3.46. The monoisotopic (exact) mass is 252 g/mol. The second-order valence-electron chi connectivity index (χ2n) is 4.25. The molecule has 1 fully saturated rings. The van der Waals surface area contributed by atoms with E-state index in [-0.39, 0.29) is 24.6 Å². The quantitative estimate of drug-likeness (QED) is 0.805. The number of carboxylic acids is 1. The summed E-state index contributed by atoms with van der Waals surface area (Å²) in [5.41, 5.74) is 0.135. The Morgan fingerprint density at radius 3 is 2.78 bits per heavy atom. The van der Waals surface area contributed by atoms with E-state index in [1.165, 1.54) is 12.3 Å². The van der Waals surface area contributed by atoms with E-state index in [2.05, 4.69) is 5.32 Å². The first-order valence-corrected chi connectivity index (χ1v) is 5.96. The third-order valence-electron chi connectivity index (χ3n) is 3.00. The first kappa shape index (κ1) is 12.6. The molecule has 0 bridgehead atoms. The molecular formula is C12H16N2O4. The number of hydrogen-bond donors (Lipinski definition) is 2. The molecule has 6 heteroatoms. The van der Waals surface area contributed by atoms with Gasteiger partial charge in [0.05, 0.1) is 19.4 Å². The Kier molecular flexibility index (Phi) is 3.99. The van der Waals surface area contributed by atoms with E-state index in [1.807, 2.05) is 4.90 Å². The van der Waals surface area contributed by atoms with Gasteiger partial charge in [-0.25, -0.2) is 4.79 Å². The standard InChI is InChI=1S/C12H16N2O4/c15-11(14-4-1-2-5-14)8-13-7-10-9(12(16)17)3-6-18-10/h3,6,13H,1-2,4-5,7-8H2,(H,16,17). The maximum atomic E-state index is 11.7. The fourth-order valence-corrected chi connectivity index (χ4v) is 2.03. The van der Waals surface area contributed by atoms with E-state index >= 15 is 0 Å². The van der Waals surface area contributed by atoms with E-state index in [4.69, 9.17) is 9.52 Å². The molecule has 0 spiro atoms. The van der Waals surface area contributed by atoms with Gasteiger partial charge in [-0.2, -0.15) is 0 Å². The predicted octanol–water partition coefficient (Wildman–Crippen LogP) is 0.690. The van der Waals surface area contributed by atoms with Crippen molar-refractivity contribution in [3.8, 4) is 0 Å². The maximum Gasteiger partial charge on any atom is 0.339 e. The number of carbonyl (C=O) groups is 2. The average Bonchev–Trinajstić information content (AvgIpc) is 2.99. The smallest absolute Gasteiger partial charge is 0.339 e. The first-order valence-electron chi connectivity index (χ1n) is 5.96. The molecule has 1 aromatic heterocycles. The van der Waals surface area contributed by atoms with Crippen molar-refractivity contribution < 1.29 is 19.1 Å². The van der Waals surface area contributed by atoms with Gasteiger partial charge in [-0.05, 0) is 18.9 Å². The van der Waals surface area contributed by atoms with Crippen molar-refractivity contribution in [3.05, 3.63) is 23.7 Å². The third kappa shape index (κ3) is 2.89. The highest BCUT2D eigenvalue weighted by molar-refractivity contribution is 5.88. The molecule has 1 amide bonds. The zero-order valence-electron chi connectivity index (χ0n) is 10.0. The molecule has 1 aromatic rings. The number of hydrogen-bond acceptors (Lipinski definition) is 4. The van der Waals surface area contributed by atoms with Crippen molar-refractivity contribution in [2.24, 2.45) is 0 Å². The lowest BCUT2D eigenvalue weighted by molar-refractivity contribution is -0.129. The molecule has 98 valence electrons. The second-order valence-corrected chi connectivity index (χ2v) is 4.25. The van der Waals surface area contributed by atoms with Crippen molar-refractivity contribution in [3.63, 3.8) is 0 Å². The Morgan fingerprint density at radius 1 is 1.39 bits per heavy atom. The fraction of sp³-hybridized carbons (Fsp3) is 0.500. The number of likely N-dealkylation sites (tertiary alicyclic amines) is 1. The summed E-state index contributed by atoms with van der Waals surface area (Å²) in [6.45, 7) is 2.09. The highest BCUT2D eigenvalue weighted by Crippen LogP contribution is 2.10. The van der Waals surface area contributed by atoms with Gasteiger partial charge in [0.1, 0.15) is 11.3 Å². The van der Waals surface area contributed by atoms with Crippen LogP contribution in [-0.2, 0) is 11.3 Å². The van der Waals surface area contributed by atoms with Gasteiger partial charge in [0, 0.05) is 13.1 Å². The van der Waals surface area contributed by atoms with Gasteiger partial charge in [0.2, 0.25) is 5.91 Å². The zero-order chi connectivity index (χ0) is 13.0. The summed E-state index contributed by atoms with van der Waals surface area (Å²) < 4.78 is 5.07. The highest BCUT2D eigenvalue weighted by Gasteiger charge is 2.18. The van der Waals surface area contributed by atoms with Gasteiger partial charge < -0.3 is 19.7 Å². The molecule has 0 saturated carbocycles. The molecule has 2 heterocycles. The minimum absolute atomic E-state index is 0.0518. The van der Waals surface area contributed by atoms with Gasteiger partial charge >= 0.3 is 5.97 Å². The number of rotatable bonds is 5. The van der Waals surface area contributed by atoms with E-state index in [9.17, 15) is 9.59 Å². The summed E-state index contributed by atoms with van der Waals surface area (Å²) in [5, 5.41) is 11.8. The van der Waals surface area contributed by atoms with Crippen LogP contribution >= 0.6 is 0 Å². The lowest BCUT2D eigenvalue weighted by Crippen LogP contribution is -2.36. The molecule has 0 aliphatic carbocycles. The summed E-state index contributed by atoms with van der Waals surface area (Å²) in [7, 11) is 0. The zero-order valence-corrected chi connectivity index (χ0v) is 10.0. The molecule has 0 unspecified atom stereocenters. The van der Waals surface area contributed by atoms with Gasteiger partial charge in [-0.15, -0.1) is 0 Å². The minimum Gasteiger partial charge on any atom is -0.478 e. The molecule has 1 aliphatic heterocycles. The Balaban J connectivity index is 1.79. The summed E-state index contributed by atoms with van der Waals surface area (Å²) in [4.78, 5) is 24.3. The largest absolute Gasteiger partial charge is 0.478 e. The lowest BCUT2D eigenvalue weighted by atomic mass is 10.2. The van der Waals surface area contributed by atoms with Crippen molar-refractivity contribution in [2.75, 3.05) is 19.6 Å². The number of aromatic carboxylic acids is 1. The van der Waals surface area contributed by atoms with Crippen LogP contribution in [-0.4, -0.2) is 41.5 Å². The summed E-state index contributed by atoms with van der Waals surface area (Å²) in [5.74, 6) is -0.626. The number of carboxylic acid groups (broad SMARTS) is 1. The SMILES string of the molecule is O=C(O)c1ccoc1CNCC(=O)N1CCCC1. The highest BCUT2D eigenvalue weighted by atomic mass is 16.4.